The van der Waals surface area contributed by atoms with Crippen LogP contribution in [-0.2, 0) is 27.3 Å². The minimum absolute atomic E-state index is 0.0227. The Kier molecular flexibility index (Phi) is 10.6. The highest BCUT2D eigenvalue weighted by atomic mass is 35.5. The third kappa shape index (κ3) is 8.16. The van der Waals surface area contributed by atoms with Crippen molar-refractivity contribution in [3.63, 3.8) is 0 Å². The monoisotopic (exact) mass is 588 g/mol. The number of amides is 3. The van der Waals surface area contributed by atoms with Crippen molar-refractivity contribution in [1.82, 2.24) is 24.8 Å². The zero-order valence-electron chi connectivity index (χ0n) is 23.6. The highest BCUT2D eigenvalue weighted by Crippen LogP contribution is 2.24. The molecule has 0 aliphatic heterocycles. The Balaban J connectivity index is 1.83. The number of hydrogen-bond acceptors (Lipinski definition) is 6. The number of carbonyl (C=O) groups excluding carboxylic acids is 3. The molecule has 3 aromatic heterocycles. The van der Waals surface area contributed by atoms with Crippen LogP contribution in [0.15, 0.2) is 41.3 Å². The number of H-pyrrole nitrogens is 1. The smallest absolute Gasteiger partial charge is 0.407 e. The number of rotatable bonds is 11. The molecule has 3 rings (SSSR count). The lowest BCUT2D eigenvalue weighted by Crippen LogP contribution is -2.44. The number of halogens is 2. The molecular formula is C28H34ClFN6O5. The molecule has 1 atom stereocenters. The maximum atomic E-state index is 14.5. The van der Waals surface area contributed by atoms with E-state index in [1.165, 1.54) is 33.9 Å². The van der Waals surface area contributed by atoms with Gasteiger partial charge in [-0.25, -0.2) is 9.18 Å². The standard InChI is InChI=1S/C28H34ClFN6O5/c1-16(2)12-22-25-18(19(30)14-31-22)13-17(32-25)15-36-23(29)11-10-21(27(36)39)33-26(38)20(34-28(40)41-5)8-6-7-9-24(37)35(3)4/h7,9-11,13-14,16,20,32H,6,8,12,15H2,1-5H3,(H,33,38)(H,34,40)/b9-7+. The van der Waals surface area contributed by atoms with Crippen molar-refractivity contribution < 1.29 is 23.5 Å². The normalized spacial score (nSPS) is 12.1. The summed E-state index contributed by atoms with van der Waals surface area (Å²) in [5, 5.41) is 5.45. The number of nitrogens with zero attached hydrogens (tertiary/aromatic N) is 3. The van der Waals surface area contributed by atoms with Crippen LogP contribution in [-0.4, -0.2) is 64.6 Å². The van der Waals surface area contributed by atoms with Gasteiger partial charge in [-0.05, 0) is 49.5 Å². The molecule has 41 heavy (non-hydrogen) atoms. The average Bonchev–Trinajstić information content (AvgIpc) is 3.36. The van der Waals surface area contributed by atoms with Crippen LogP contribution in [0.25, 0.3) is 10.9 Å². The molecule has 0 aliphatic carbocycles. The van der Waals surface area contributed by atoms with Gasteiger partial charge in [0.25, 0.3) is 5.56 Å². The molecule has 11 nitrogen and oxygen atoms in total. The van der Waals surface area contributed by atoms with Gasteiger partial charge in [0.15, 0.2) is 5.82 Å². The van der Waals surface area contributed by atoms with E-state index in [-0.39, 0.29) is 36.1 Å². The minimum Gasteiger partial charge on any atom is -0.453 e. The molecule has 0 bridgehead atoms. The van der Waals surface area contributed by atoms with Crippen LogP contribution < -0.4 is 16.2 Å². The molecule has 0 aromatic carbocycles. The lowest BCUT2D eigenvalue weighted by Gasteiger charge is -2.18. The SMILES string of the molecule is COC(=O)NC(CC/C=C/C(=O)N(C)C)C(=O)Nc1ccc(Cl)n(Cc2cc3c(F)cnc(CC(C)C)c3[nH]2)c1=O. The Morgan fingerprint density at radius 1 is 1.27 bits per heavy atom. The zero-order chi connectivity index (χ0) is 30.3. The van der Waals surface area contributed by atoms with Gasteiger partial charge >= 0.3 is 6.09 Å². The fourth-order valence-corrected chi connectivity index (χ4v) is 4.28. The summed E-state index contributed by atoms with van der Waals surface area (Å²) in [6.07, 6.45) is 4.36. The molecule has 3 N–H and O–H groups in total. The van der Waals surface area contributed by atoms with Crippen LogP contribution in [0.1, 0.15) is 38.1 Å². The number of carbonyl (C=O) groups is 3. The molecule has 0 aliphatic rings. The van der Waals surface area contributed by atoms with E-state index in [1.54, 1.807) is 26.2 Å². The van der Waals surface area contributed by atoms with Crippen molar-refractivity contribution in [1.29, 1.82) is 0 Å². The maximum absolute atomic E-state index is 14.5. The van der Waals surface area contributed by atoms with E-state index in [0.29, 0.717) is 34.6 Å². The number of likely N-dealkylation sites (N-methyl/N-ethyl adjacent to an activating group) is 1. The van der Waals surface area contributed by atoms with E-state index in [0.717, 1.165) is 7.11 Å². The third-order valence-electron chi connectivity index (χ3n) is 6.18. The first kappa shape index (κ1) is 31.3. The summed E-state index contributed by atoms with van der Waals surface area (Å²) >= 11 is 6.34. The van der Waals surface area contributed by atoms with Crippen molar-refractivity contribution >= 4 is 46.1 Å². The molecule has 13 heteroatoms. The van der Waals surface area contributed by atoms with Gasteiger partial charge < -0.3 is 25.3 Å². The topological polar surface area (TPSA) is 138 Å². The van der Waals surface area contributed by atoms with E-state index in [4.69, 9.17) is 11.6 Å². The Hall–Kier alpha value is -4.19. The van der Waals surface area contributed by atoms with Gasteiger partial charge in [0, 0.05) is 25.2 Å². The molecule has 1 unspecified atom stereocenters. The van der Waals surface area contributed by atoms with Crippen LogP contribution in [0, 0.1) is 11.7 Å². The Bertz CT molecular complexity index is 1510. The molecule has 0 fully saturated rings. The number of ether oxygens (including phenoxy) is 1. The molecule has 0 saturated heterocycles. The second-order valence-corrected chi connectivity index (χ2v) is 10.5. The quantitative estimate of drug-likeness (QED) is 0.230. The van der Waals surface area contributed by atoms with E-state index in [1.807, 2.05) is 13.8 Å². The van der Waals surface area contributed by atoms with Crippen LogP contribution in [0.3, 0.4) is 0 Å². The van der Waals surface area contributed by atoms with Gasteiger partial charge in [-0.15, -0.1) is 0 Å². The summed E-state index contributed by atoms with van der Waals surface area (Å²) in [7, 11) is 4.38. The number of hydrogen-bond donors (Lipinski definition) is 3. The molecule has 0 radical (unpaired) electrons. The number of nitrogens with one attached hydrogen (secondary N) is 3. The molecule has 3 amide bonds. The highest BCUT2D eigenvalue weighted by molar-refractivity contribution is 6.29. The number of aromatic nitrogens is 3. The summed E-state index contributed by atoms with van der Waals surface area (Å²) in [6.45, 7) is 4.05. The molecule has 3 aromatic rings. The first-order chi connectivity index (χ1) is 19.4. The Morgan fingerprint density at radius 2 is 2.00 bits per heavy atom. The number of pyridine rings is 2. The first-order valence-corrected chi connectivity index (χ1v) is 13.4. The molecule has 220 valence electrons. The number of aromatic amines is 1. The van der Waals surface area contributed by atoms with Gasteiger partial charge in [-0.1, -0.05) is 31.5 Å². The van der Waals surface area contributed by atoms with E-state index < -0.39 is 29.4 Å². The molecule has 0 saturated carbocycles. The number of allylic oxidation sites excluding steroid dienone is 1. The Morgan fingerprint density at radius 3 is 2.66 bits per heavy atom. The van der Waals surface area contributed by atoms with Gasteiger partial charge in [0.1, 0.15) is 16.9 Å². The number of methoxy groups -OCH3 is 1. The fraction of sp³-hybridized carbons (Fsp3) is 0.393. The number of anilines is 1. The lowest BCUT2D eigenvalue weighted by molar-refractivity contribution is -0.123. The average molecular weight is 589 g/mol. The van der Waals surface area contributed by atoms with Crippen molar-refractivity contribution in [3.05, 3.63) is 69.3 Å². The maximum Gasteiger partial charge on any atom is 0.407 e. The van der Waals surface area contributed by atoms with Crippen LogP contribution in [0.2, 0.25) is 5.15 Å². The summed E-state index contributed by atoms with van der Waals surface area (Å²) in [6, 6.07) is 3.36. The summed E-state index contributed by atoms with van der Waals surface area (Å²) in [5.41, 5.74) is 1.12. The lowest BCUT2D eigenvalue weighted by atomic mass is 10.1. The second-order valence-electron chi connectivity index (χ2n) is 10.1. The van der Waals surface area contributed by atoms with E-state index >= 15 is 0 Å². The fourth-order valence-electron chi connectivity index (χ4n) is 4.08. The van der Waals surface area contributed by atoms with E-state index in [9.17, 15) is 23.6 Å². The molecular weight excluding hydrogens is 555 g/mol. The molecule has 0 spiro atoms. The van der Waals surface area contributed by atoms with Gasteiger partial charge in [0.2, 0.25) is 11.8 Å². The summed E-state index contributed by atoms with van der Waals surface area (Å²) in [4.78, 5) is 58.8. The van der Waals surface area contributed by atoms with Crippen molar-refractivity contribution in [2.75, 3.05) is 26.5 Å². The predicted molar refractivity (Wildman–Crippen MR) is 154 cm³/mol. The van der Waals surface area contributed by atoms with Gasteiger partial charge in [-0.3, -0.25) is 23.9 Å². The number of alkyl carbamates (subject to hydrolysis) is 1. The van der Waals surface area contributed by atoms with Crippen LogP contribution >= 0.6 is 11.6 Å². The van der Waals surface area contributed by atoms with Crippen molar-refractivity contribution in [2.45, 2.75) is 45.7 Å². The third-order valence-corrected chi connectivity index (χ3v) is 6.51. The van der Waals surface area contributed by atoms with Gasteiger partial charge in [-0.2, -0.15) is 0 Å². The van der Waals surface area contributed by atoms with Crippen LogP contribution in [0.4, 0.5) is 14.9 Å². The van der Waals surface area contributed by atoms with E-state index in [2.05, 4.69) is 25.3 Å². The second kappa shape index (κ2) is 13.9. The summed E-state index contributed by atoms with van der Waals surface area (Å²) in [5.74, 6) is -1.07. The predicted octanol–water partition coefficient (Wildman–Crippen LogP) is 3.85. The molecule has 3 heterocycles. The van der Waals surface area contributed by atoms with Crippen molar-refractivity contribution in [2.24, 2.45) is 5.92 Å². The van der Waals surface area contributed by atoms with Gasteiger partial charge in [0.05, 0.1) is 31.1 Å². The van der Waals surface area contributed by atoms with Crippen LogP contribution in [0.5, 0.6) is 0 Å². The highest BCUT2D eigenvalue weighted by Gasteiger charge is 2.22. The number of fused-ring (bicyclic) bond motifs is 1. The largest absolute Gasteiger partial charge is 0.453 e. The van der Waals surface area contributed by atoms with Crippen molar-refractivity contribution in [3.8, 4) is 0 Å². The first-order valence-electron chi connectivity index (χ1n) is 13.0. The minimum atomic E-state index is -1.06. The zero-order valence-corrected chi connectivity index (χ0v) is 24.3. The summed E-state index contributed by atoms with van der Waals surface area (Å²) < 4.78 is 20.4. The Labute approximate surface area is 241 Å².